The minimum atomic E-state index is -1.35. The van der Waals surface area contributed by atoms with Crippen molar-refractivity contribution in [3.63, 3.8) is 0 Å². The molecule has 1 aromatic rings. The maximum Gasteiger partial charge on any atom is 0.408 e. The number of carboxylic acid groups (broad SMARTS) is 1. The minimum Gasteiger partial charge on any atom is -0.548 e. The Morgan fingerprint density at radius 2 is 2.05 bits per heavy atom. The van der Waals surface area contributed by atoms with Crippen LogP contribution in [0.2, 0.25) is 0 Å². The van der Waals surface area contributed by atoms with Crippen molar-refractivity contribution < 1.29 is 19.4 Å². The topological polar surface area (TPSA) is 78.5 Å². The van der Waals surface area contributed by atoms with Gasteiger partial charge < -0.3 is 20.0 Å². The highest BCUT2D eigenvalue weighted by Crippen LogP contribution is 2.13. The number of ether oxygens (including phenoxy) is 1. The number of benzene rings is 1. The number of amides is 1. The summed E-state index contributed by atoms with van der Waals surface area (Å²) in [4.78, 5) is 22.7. The first-order chi connectivity index (χ1) is 9.17. The summed E-state index contributed by atoms with van der Waals surface area (Å²) in [5, 5.41) is 13.4. The summed E-state index contributed by atoms with van der Waals surface area (Å²) in [5.74, 6) is -1.35. The van der Waals surface area contributed by atoms with E-state index in [1.807, 2.05) is 6.07 Å². The van der Waals surface area contributed by atoms with Gasteiger partial charge in [-0.25, -0.2) is 4.79 Å². The molecule has 20 heavy (non-hydrogen) atoms. The van der Waals surface area contributed by atoms with Crippen molar-refractivity contribution >= 4 is 28.0 Å². The van der Waals surface area contributed by atoms with Crippen molar-refractivity contribution in [1.29, 1.82) is 0 Å². The summed E-state index contributed by atoms with van der Waals surface area (Å²) < 4.78 is 5.87. The summed E-state index contributed by atoms with van der Waals surface area (Å²) in [6.07, 6.45) is -0.650. The SMILES string of the molecule is CC(C)(C)OC(=O)N[C@@H](Cc1cccc(Br)c1)C(=O)[O-]. The van der Waals surface area contributed by atoms with Crippen molar-refractivity contribution in [2.45, 2.75) is 38.8 Å². The van der Waals surface area contributed by atoms with Crippen LogP contribution in [0.25, 0.3) is 0 Å². The van der Waals surface area contributed by atoms with Crippen molar-refractivity contribution in [3.05, 3.63) is 34.3 Å². The van der Waals surface area contributed by atoms with Crippen molar-refractivity contribution in [1.82, 2.24) is 5.32 Å². The molecule has 0 saturated heterocycles. The van der Waals surface area contributed by atoms with E-state index < -0.39 is 23.7 Å². The predicted molar refractivity (Wildman–Crippen MR) is 76.0 cm³/mol. The summed E-state index contributed by atoms with van der Waals surface area (Å²) in [5.41, 5.74) is 0.0840. The molecule has 1 N–H and O–H groups in total. The maximum atomic E-state index is 11.6. The minimum absolute atomic E-state index is 0.126. The number of alkyl carbamates (subject to hydrolysis) is 1. The lowest BCUT2D eigenvalue weighted by Gasteiger charge is -2.24. The molecule has 1 aromatic carbocycles. The molecule has 0 aromatic heterocycles. The Kier molecular flexibility index (Phi) is 5.56. The molecule has 0 spiro atoms. The van der Waals surface area contributed by atoms with Crippen molar-refractivity contribution in [2.24, 2.45) is 0 Å². The van der Waals surface area contributed by atoms with E-state index in [0.717, 1.165) is 10.0 Å². The largest absolute Gasteiger partial charge is 0.548 e. The number of aliphatic carboxylic acids is 1. The Morgan fingerprint density at radius 3 is 2.55 bits per heavy atom. The number of carbonyl (C=O) groups excluding carboxylic acids is 2. The van der Waals surface area contributed by atoms with Gasteiger partial charge in [0.15, 0.2) is 0 Å². The second kappa shape index (κ2) is 6.74. The van der Waals surface area contributed by atoms with Crippen LogP contribution in [0.1, 0.15) is 26.3 Å². The van der Waals surface area contributed by atoms with Crippen LogP contribution in [0, 0.1) is 0 Å². The molecule has 0 unspecified atom stereocenters. The zero-order valence-electron chi connectivity index (χ0n) is 11.6. The smallest absolute Gasteiger partial charge is 0.408 e. The highest BCUT2D eigenvalue weighted by molar-refractivity contribution is 9.10. The predicted octanol–water partition coefficient (Wildman–Crippen LogP) is 1.63. The van der Waals surface area contributed by atoms with Gasteiger partial charge in [0.2, 0.25) is 0 Å². The van der Waals surface area contributed by atoms with Crippen LogP contribution in [0.5, 0.6) is 0 Å². The second-order valence-electron chi connectivity index (χ2n) is 5.35. The lowest BCUT2D eigenvalue weighted by Crippen LogP contribution is -2.50. The van der Waals surface area contributed by atoms with Crippen LogP contribution in [-0.4, -0.2) is 23.7 Å². The fourth-order valence-corrected chi connectivity index (χ4v) is 1.99. The molecule has 0 aliphatic carbocycles. The van der Waals surface area contributed by atoms with Gasteiger partial charge in [0.1, 0.15) is 5.60 Å². The van der Waals surface area contributed by atoms with E-state index in [2.05, 4.69) is 21.2 Å². The molecule has 0 bridgehead atoms. The van der Waals surface area contributed by atoms with E-state index in [1.165, 1.54) is 0 Å². The molecule has 0 heterocycles. The molecular formula is C14H17BrNO4-. The Morgan fingerprint density at radius 1 is 1.40 bits per heavy atom. The molecule has 110 valence electrons. The van der Waals surface area contributed by atoms with E-state index in [0.29, 0.717) is 0 Å². The molecule has 0 saturated carbocycles. The molecule has 0 aliphatic rings. The van der Waals surface area contributed by atoms with E-state index in [9.17, 15) is 14.7 Å². The van der Waals surface area contributed by atoms with Gasteiger partial charge in [-0.15, -0.1) is 0 Å². The van der Waals surface area contributed by atoms with Crippen LogP contribution >= 0.6 is 15.9 Å². The third-order valence-corrected chi connectivity index (χ3v) is 2.80. The van der Waals surface area contributed by atoms with Crippen LogP contribution < -0.4 is 10.4 Å². The highest BCUT2D eigenvalue weighted by atomic mass is 79.9. The van der Waals surface area contributed by atoms with Crippen LogP contribution in [0.15, 0.2) is 28.7 Å². The first-order valence-corrected chi connectivity index (χ1v) is 6.91. The lowest BCUT2D eigenvalue weighted by molar-refractivity contribution is -0.308. The van der Waals surface area contributed by atoms with Gasteiger partial charge in [-0.1, -0.05) is 28.1 Å². The molecule has 5 nitrogen and oxygen atoms in total. The quantitative estimate of drug-likeness (QED) is 0.901. The van der Waals surface area contributed by atoms with Crippen molar-refractivity contribution in [3.8, 4) is 0 Å². The molecule has 0 radical (unpaired) electrons. The number of carbonyl (C=O) groups is 2. The Hall–Kier alpha value is -1.56. The van der Waals surface area contributed by atoms with E-state index in [1.54, 1.807) is 39.0 Å². The summed E-state index contributed by atoms with van der Waals surface area (Å²) in [7, 11) is 0. The third-order valence-electron chi connectivity index (χ3n) is 2.30. The first kappa shape index (κ1) is 16.5. The summed E-state index contributed by atoms with van der Waals surface area (Å²) in [6.45, 7) is 5.11. The second-order valence-corrected chi connectivity index (χ2v) is 6.27. The van der Waals surface area contributed by atoms with Crippen molar-refractivity contribution in [2.75, 3.05) is 0 Å². The Balaban J connectivity index is 2.71. The van der Waals surface area contributed by atoms with Gasteiger partial charge in [0.25, 0.3) is 0 Å². The van der Waals surface area contributed by atoms with Gasteiger partial charge in [-0.05, 0) is 44.9 Å². The molecule has 6 heteroatoms. The number of carboxylic acids is 1. The first-order valence-electron chi connectivity index (χ1n) is 6.12. The monoisotopic (exact) mass is 342 g/mol. The van der Waals surface area contributed by atoms with Gasteiger partial charge in [0.05, 0.1) is 12.0 Å². The standard InChI is InChI=1S/C14H18BrNO4/c1-14(2,3)20-13(19)16-11(12(17)18)8-9-5-4-6-10(15)7-9/h4-7,11H,8H2,1-3H3,(H,16,19)(H,17,18)/p-1/t11-/m0/s1. The highest BCUT2D eigenvalue weighted by Gasteiger charge is 2.20. The number of hydrogen-bond acceptors (Lipinski definition) is 4. The lowest BCUT2D eigenvalue weighted by atomic mass is 10.1. The fraction of sp³-hybridized carbons (Fsp3) is 0.429. The van der Waals surface area contributed by atoms with E-state index >= 15 is 0 Å². The molecular weight excluding hydrogens is 326 g/mol. The maximum absolute atomic E-state index is 11.6. The average Bonchev–Trinajstić information content (AvgIpc) is 2.25. The number of halogens is 1. The molecule has 1 amide bonds. The summed E-state index contributed by atoms with van der Waals surface area (Å²) >= 11 is 3.30. The van der Waals surface area contributed by atoms with Gasteiger partial charge >= 0.3 is 6.09 Å². The zero-order valence-corrected chi connectivity index (χ0v) is 13.2. The third kappa shape index (κ3) is 6.06. The molecule has 0 fully saturated rings. The van der Waals surface area contributed by atoms with Crippen LogP contribution in [0.4, 0.5) is 4.79 Å². The van der Waals surface area contributed by atoms with Gasteiger partial charge in [-0.2, -0.15) is 0 Å². The fourth-order valence-electron chi connectivity index (χ4n) is 1.54. The molecule has 1 atom stereocenters. The normalized spacial score (nSPS) is 12.6. The summed E-state index contributed by atoms with van der Waals surface area (Å²) in [6, 6.07) is 6.04. The number of nitrogens with one attached hydrogen (secondary N) is 1. The number of hydrogen-bond donors (Lipinski definition) is 1. The van der Waals surface area contributed by atoms with E-state index in [4.69, 9.17) is 4.74 Å². The van der Waals surface area contributed by atoms with Gasteiger partial charge in [0, 0.05) is 4.47 Å². The average molecular weight is 343 g/mol. The van der Waals surface area contributed by atoms with Gasteiger partial charge in [-0.3, -0.25) is 0 Å². The van der Waals surface area contributed by atoms with Crippen LogP contribution in [0.3, 0.4) is 0 Å². The Labute approximate surface area is 126 Å². The van der Waals surface area contributed by atoms with E-state index in [-0.39, 0.29) is 6.42 Å². The zero-order chi connectivity index (χ0) is 15.3. The molecule has 0 aliphatic heterocycles. The Bertz CT molecular complexity index is 496. The number of rotatable bonds is 4. The van der Waals surface area contributed by atoms with Crippen LogP contribution in [-0.2, 0) is 16.0 Å². The molecule has 1 rings (SSSR count).